The lowest BCUT2D eigenvalue weighted by Gasteiger charge is -2.19. The number of imidazole rings is 1. The number of carbonyl (C=O) groups excluding carboxylic acids is 1. The van der Waals surface area contributed by atoms with E-state index in [2.05, 4.69) is 10.3 Å². The highest BCUT2D eigenvalue weighted by atomic mass is 19.1. The lowest BCUT2D eigenvalue weighted by molar-refractivity contribution is -0.123. The van der Waals surface area contributed by atoms with Crippen LogP contribution in [0.1, 0.15) is 43.1 Å². The minimum Gasteiger partial charge on any atom is -0.342 e. The first-order valence-corrected chi connectivity index (χ1v) is 8.68. The first kappa shape index (κ1) is 15.4. The van der Waals surface area contributed by atoms with E-state index in [9.17, 15) is 9.18 Å². The van der Waals surface area contributed by atoms with Gasteiger partial charge in [-0.3, -0.25) is 4.79 Å². The Morgan fingerprint density at radius 2 is 1.92 bits per heavy atom. The molecule has 1 aromatic carbocycles. The fourth-order valence-corrected chi connectivity index (χ4v) is 4.23. The number of aromatic nitrogens is 2. The van der Waals surface area contributed by atoms with Crippen LogP contribution in [0, 0.1) is 23.6 Å². The highest BCUT2D eigenvalue weighted by Gasteiger charge is 2.55. The normalized spacial score (nSPS) is 26.5. The van der Waals surface area contributed by atoms with Crippen molar-refractivity contribution >= 4 is 5.91 Å². The predicted molar refractivity (Wildman–Crippen MR) is 88.5 cm³/mol. The second-order valence-electron chi connectivity index (χ2n) is 7.03. The second kappa shape index (κ2) is 6.04. The number of hydrogen-bond acceptors (Lipinski definition) is 2. The fraction of sp³-hybridized carbons (Fsp3) is 0.474. The van der Waals surface area contributed by atoms with E-state index in [4.69, 9.17) is 0 Å². The van der Waals surface area contributed by atoms with Gasteiger partial charge < -0.3 is 9.88 Å². The summed E-state index contributed by atoms with van der Waals surface area (Å²) >= 11 is 0. The topological polar surface area (TPSA) is 46.9 Å². The zero-order valence-electron chi connectivity index (χ0n) is 13.8. The van der Waals surface area contributed by atoms with Crippen molar-refractivity contribution < 1.29 is 9.18 Å². The van der Waals surface area contributed by atoms with Gasteiger partial charge in [0.15, 0.2) is 0 Å². The molecule has 0 spiro atoms. The minimum absolute atomic E-state index is 0.115. The molecule has 1 amide bonds. The molecule has 1 aromatic heterocycles. The van der Waals surface area contributed by atoms with Crippen molar-refractivity contribution in [2.24, 2.45) is 24.8 Å². The zero-order chi connectivity index (χ0) is 16.7. The molecule has 2 saturated carbocycles. The summed E-state index contributed by atoms with van der Waals surface area (Å²) in [5.41, 5.74) is 0.850. The molecule has 0 saturated heterocycles. The molecule has 2 fully saturated rings. The first-order valence-electron chi connectivity index (χ1n) is 8.68. The highest BCUT2D eigenvalue weighted by molar-refractivity contribution is 5.83. The lowest BCUT2D eigenvalue weighted by Crippen LogP contribution is -2.33. The van der Waals surface area contributed by atoms with Crippen molar-refractivity contribution in [3.05, 3.63) is 53.9 Å². The molecule has 0 aliphatic heterocycles. The van der Waals surface area contributed by atoms with E-state index < -0.39 is 0 Å². The fourth-order valence-electron chi connectivity index (χ4n) is 4.23. The molecular formula is C19H22FN3O. The van der Waals surface area contributed by atoms with E-state index >= 15 is 0 Å². The van der Waals surface area contributed by atoms with Gasteiger partial charge in [-0.25, -0.2) is 9.37 Å². The maximum Gasteiger partial charge on any atom is 0.224 e. The van der Waals surface area contributed by atoms with Crippen LogP contribution in [0.5, 0.6) is 0 Å². The van der Waals surface area contributed by atoms with E-state index in [1.807, 2.05) is 17.8 Å². The van der Waals surface area contributed by atoms with Crippen LogP contribution in [0.4, 0.5) is 4.39 Å². The number of hydrogen-bond donors (Lipinski definition) is 1. The van der Waals surface area contributed by atoms with E-state index in [0.717, 1.165) is 11.4 Å². The molecular weight excluding hydrogens is 305 g/mol. The molecule has 1 heterocycles. The summed E-state index contributed by atoms with van der Waals surface area (Å²) in [5.74, 6) is 1.87. The van der Waals surface area contributed by atoms with Crippen LogP contribution in [-0.2, 0) is 11.8 Å². The second-order valence-corrected chi connectivity index (χ2v) is 7.03. The number of carbonyl (C=O) groups is 1. The van der Waals surface area contributed by atoms with Crippen LogP contribution >= 0.6 is 0 Å². The molecule has 0 radical (unpaired) electrons. The summed E-state index contributed by atoms with van der Waals surface area (Å²) in [7, 11) is 1.90. The van der Waals surface area contributed by atoms with Crippen LogP contribution < -0.4 is 5.32 Å². The number of nitrogens with zero attached hydrogens (tertiary/aromatic N) is 2. The summed E-state index contributed by atoms with van der Waals surface area (Å²) in [6, 6.07) is 5.94. The Morgan fingerprint density at radius 3 is 2.50 bits per heavy atom. The molecule has 24 heavy (non-hydrogen) atoms. The van der Waals surface area contributed by atoms with Gasteiger partial charge in [0.2, 0.25) is 5.91 Å². The smallest absolute Gasteiger partial charge is 0.224 e. The molecule has 2 aliphatic rings. The van der Waals surface area contributed by atoms with Gasteiger partial charge in [-0.2, -0.15) is 0 Å². The third kappa shape index (κ3) is 2.72. The Balaban J connectivity index is 1.58. The number of rotatable bonds is 4. The van der Waals surface area contributed by atoms with Gasteiger partial charge in [0, 0.05) is 25.4 Å². The average Bonchev–Trinajstić information content (AvgIpc) is 3.18. The van der Waals surface area contributed by atoms with Crippen molar-refractivity contribution in [2.45, 2.75) is 31.7 Å². The van der Waals surface area contributed by atoms with Crippen molar-refractivity contribution in [3.63, 3.8) is 0 Å². The maximum absolute atomic E-state index is 13.3. The number of halogens is 1. The van der Waals surface area contributed by atoms with Crippen LogP contribution in [0.3, 0.4) is 0 Å². The third-order valence-electron chi connectivity index (χ3n) is 5.57. The number of nitrogens with one attached hydrogen (secondary N) is 1. The lowest BCUT2D eigenvalue weighted by atomic mass is 10.0. The van der Waals surface area contributed by atoms with Crippen molar-refractivity contribution in [3.8, 4) is 0 Å². The summed E-state index contributed by atoms with van der Waals surface area (Å²) in [6.45, 7) is 0. The number of aryl methyl sites for hydroxylation is 1. The standard InChI is InChI=1S/C19H22FN3O/c1-23-11-10-21-18(23)17(12-6-8-13(20)9-7-12)22-19(24)16-14-4-2-3-5-15(14)16/h6-11,14-17H,2-5H2,1H3,(H,22,24). The summed E-state index contributed by atoms with van der Waals surface area (Å²) in [4.78, 5) is 17.2. The van der Waals surface area contributed by atoms with Crippen LogP contribution in [0.2, 0.25) is 0 Å². The average molecular weight is 327 g/mol. The molecule has 4 rings (SSSR count). The van der Waals surface area contributed by atoms with Gasteiger partial charge in [0.1, 0.15) is 17.7 Å². The molecule has 4 nitrogen and oxygen atoms in total. The van der Waals surface area contributed by atoms with Gasteiger partial charge in [-0.1, -0.05) is 25.0 Å². The van der Waals surface area contributed by atoms with Gasteiger partial charge in [0.25, 0.3) is 0 Å². The minimum atomic E-state index is -0.347. The molecule has 2 aromatic rings. The Kier molecular flexibility index (Phi) is 3.87. The molecule has 5 heteroatoms. The van der Waals surface area contributed by atoms with Crippen molar-refractivity contribution in [1.29, 1.82) is 0 Å². The molecule has 3 unspecified atom stereocenters. The van der Waals surface area contributed by atoms with Crippen molar-refractivity contribution in [1.82, 2.24) is 14.9 Å². The summed E-state index contributed by atoms with van der Waals surface area (Å²) in [6.07, 6.45) is 8.40. The van der Waals surface area contributed by atoms with E-state index in [-0.39, 0.29) is 23.7 Å². The summed E-state index contributed by atoms with van der Waals surface area (Å²) < 4.78 is 15.2. The quantitative estimate of drug-likeness (QED) is 0.937. The van der Waals surface area contributed by atoms with E-state index in [1.165, 1.54) is 37.8 Å². The molecule has 0 bridgehead atoms. The molecule has 1 N–H and O–H groups in total. The zero-order valence-corrected chi connectivity index (χ0v) is 13.8. The predicted octanol–water partition coefficient (Wildman–Crippen LogP) is 3.20. The van der Waals surface area contributed by atoms with Crippen molar-refractivity contribution in [2.75, 3.05) is 0 Å². The maximum atomic E-state index is 13.3. The van der Waals surface area contributed by atoms with Crippen LogP contribution in [0.25, 0.3) is 0 Å². The Labute approximate surface area is 141 Å². The van der Waals surface area contributed by atoms with E-state index in [1.54, 1.807) is 18.3 Å². The Hall–Kier alpha value is -2.17. The number of fused-ring (bicyclic) bond motifs is 1. The largest absolute Gasteiger partial charge is 0.342 e. The molecule has 3 atom stereocenters. The first-order chi connectivity index (χ1) is 11.6. The van der Waals surface area contributed by atoms with Gasteiger partial charge in [-0.15, -0.1) is 0 Å². The SMILES string of the molecule is Cn1ccnc1C(NC(=O)C1C2CCCCC21)c1ccc(F)cc1. The molecule has 126 valence electrons. The third-order valence-corrected chi connectivity index (χ3v) is 5.57. The van der Waals surface area contributed by atoms with Gasteiger partial charge >= 0.3 is 0 Å². The highest BCUT2D eigenvalue weighted by Crippen LogP contribution is 2.55. The Bertz CT molecular complexity index is 727. The van der Waals surface area contributed by atoms with Crippen LogP contribution in [-0.4, -0.2) is 15.5 Å². The number of benzene rings is 1. The monoisotopic (exact) mass is 327 g/mol. The Morgan fingerprint density at radius 1 is 1.25 bits per heavy atom. The summed E-state index contributed by atoms with van der Waals surface area (Å²) in [5, 5.41) is 3.17. The van der Waals surface area contributed by atoms with Gasteiger partial charge in [-0.05, 0) is 42.4 Å². The molecule has 2 aliphatic carbocycles. The van der Waals surface area contributed by atoms with Gasteiger partial charge in [0.05, 0.1) is 0 Å². The number of amides is 1. The van der Waals surface area contributed by atoms with E-state index in [0.29, 0.717) is 11.8 Å². The van der Waals surface area contributed by atoms with Crippen LogP contribution in [0.15, 0.2) is 36.7 Å².